The average molecular weight is 304 g/mol. The number of rotatable bonds is 3. The van der Waals surface area contributed by atoms with Gasteiger partial charge in [-0.15, -0.1) is 0 Å². The number of fused-ring (bicyclic) bond motifs is 1. The fourth-order valence-corrected chi connectivity index (χ4v) is 3.19. The lowest BCUT2D eigenvalue weighted by Crippen LogP contribution is -2.27. The van der Waals surface area contributed by atoms with E-state index in [4.69, 9.17) is 20.9 Å². The molecule has 2 aromatic rings. The molecular formula is C14H20N6O2. The second-order valence-corrected chi connectivity index (χ2v) is 5.95. The molecule has 0 aromatic carbocycles. The maximum absolute atomic E-state index is 6.09. The van der Waals surface area contributed by atoms with Gasteiger partial charge in [-0.1, -0.05) is 0 Å². The van der Waals surface area contributed by atoms with Crippen LogP contribution in [0.2, 0.25) is 0 Å². The first-order valence-corrected chi connectivity index (χ1v) is 7.76. The van der Waals surface area contributed by atoms with Crippen molar-refractivity contribution in [2.75, 3.05) is 12.3 Å². The van der Waals surface area contributed by atoms with E-state index >= 15 is 0 Å². The smallest absolute Gasteiger partial charge is 0.320 e. The number of ether oxygens (including phenoxy) is 2. The molecule has 0 radical (unpaired) electrons. The van der Waals surface area contributed by atoms with E-state index in [1.165, 1.54) is 12.8 Å². The number of anilines is 1. The van der Waals surface area contributed by atoms with Crippen LogP contribution in [0.25, 0.3) is 11.2 Å². The SMILES string of the molecule is Nc1nc(OC2CCCC2)nc2c1ncn2C1OCCC1N. The normalized spacial score (nSPS) is 26.0. The highest BCUT2D eigenvalue weighted by Crippen LogP contribution is 2.29. The molecule has 0 spiro atoms. The van der Waals surface area contributed by atoms with Crippen LogP contribution in [-0.2, 0) is 4.74 Å². The van der Waals surface area contributed by atoms with Crippen LogP contribution in [0.5, 0.6) is 6.01 Å². The van der Waals surface area contributed by atoms with Crippen LogP contribution in [-0.4, -0.2) is 38.3 Å². The van der Waals surface area contributed by atoms with E-state index < -0.39 is 0 Å². The van der Waals surface area contributed by atoms with Crippen molar-refractivity contribution in [3.05, 3.63) is 6.33 Å². The van der Waals surface area contributed by atoms with E-state index in [-0.39, 0.29) is 18.4 Å². The molecule has 0 bridgehead atoms. The maximum atomic E-state index is 6.09. The van der Waals surface area contributed by atoms with Crippen LogP contribution >= 0.6 is 0 Å². The molecule has 1 saturated carbocycles. The van der Waals surface area contributed by atoms with Crippen molar-refractivity contribution < 1.29 is 9.47 Å². The molecule has 2 unspecified atom stereocenters. The molecule has 2 aliphatic rings. The van der Waals surface area contributed by atoms with Crippen LogP contribution < -0.4 is 16.2 Å². The predicted octanol–water partition coefficient (Wildman–Crippen LogP) is 0.976. The highest BCUT2D eigenvalue weighted by Gasteiger charge is 2.29. The van der Waals surface area contributed by atoms with Crippen LogP contribution in [0.1, 0.15) is 38.3 Å². The lowest BCUT2D eigenvalue weighted by atomic mass is 10.2. The Morgan fingerprint density at radius 3 is 2.77 bits per heavy atom. The quantitative estimate of drug-likeness (QED) is 0.868. The number of nitrogens with zero attached hydrogens (tertiary/aromatic N) is 4. The number of imidazole rings is 1. The molecule has 3 heterocycles. The van der Waals surface area contributed by atoms with Gasteiger partial charge in [0.1, 0.15) is 6.10 Å². The first kappa shape index (κ1) is 13.7. The first-order chi connectivity index (χ1) is 10.7. The second kappa shape index (κ2) is 5.36. The van der Waals surface area contributed by atoms with Gasteiger partial charge in [0.25, 0.3) is 0 Å². The highest BCUT2D eigenvalue weighted by atomic mass is 16.5. The molecule has 2 fully saturated rings. The summed E-state index contributed by atoms with van der Waals surface area (Å²) in [5.41, 5.74) is 13.3. The Kier molecular flexibility index (Phi) is 3.34. The van der Waals surface area contributed by atoms with Crippen LogP contribution in [0.3, 0.4) is 0 Å². The Hall–Kier alpha value is -1.93. The van der Waals surface area contributed by atoms with E-state index in [2.05, 4.69) is 15.0 Å². The molecule has 8 nitrogen and oxygen atoms in total. The monoisotopic (exact) mass is 304 g/mol. The van der Waals surface area contributed by atoms with Crippen LogP contribution in [0.4, 0.5) is 5.82 Å². The molecule has 8 heteroatoms. The minimum atomic E-state index is -0.265. The zero-order valence-electron chi connectivity index (χ0n) is 12.3. The summed E-state index contributed by atoms with van der Waals surface area (Å²) in [6, 6.07) is 0.234. The van der Waals surface area contributed by atoms with Crippen molar-refractivity contribution >= 4 is 17.0 Å². The number of aromatic nitrogens is 4. The Labute approximate surface area is 127 Å². The van der Waals surface area contributed by atoms with E-state index in [1.807, 2.05) is 4.57 Å². The molecule has 4 N–H and O–H groups in total. The number of nitrogen functional groups attached to an aromatic ring is 1. The Balaban J connectivity index is 1.71. The molecule has 1 saturated heterocycles. The summed E-state index contributed by atoms with van der Waals surface area (Å²) in [7, 11) is 0. The Morgan fingerprint density at radius 2 is 2.05 bits per heavy atom. The fourth-order valence-electron chi connectivity index (χ4n) is 3.19. The van der Waals surface area contributed by atoms with Crippen LogP contribution in [0, 0.1) is 0 Å². The minimum absolute atomic E-state index is 0.0761. The largest absolute Gasteiger partial charge is 0.460 e. The number of hydrogen-bond acceptors (Lipinski definition) is 7. The molecule has 118 valence electrons. The summed E-state index contributed by atoms with van der Waals surface area (Å²) < 4.78 is 13.4. The average Bonchev–Trinajstić information content (AvgIpc) is 3.19. The fraction of sp³-hybridized carbons (Fsp3) is 0.643. The van der Waals surface area contributed by atoms with E-state index in [1.54, 1.807) is 6.33 Å². The number of hydrogen-bond donors (Lipinski definition) is 2. The summed E-state index contributed by atoms with van der Waals surface area (Å²) in [6.45, 7) is 0.636. The van der Waals surface area contributed by atoms with Gasteiger partial charge in [0, 0.05) is 0 Å². The summed E-state index contributed by atoms with van der Waals surface area (Å²) in [4.78, 5) is 13.0. The predicted molar refractivity (Wildman–Crippen MR) is 80.2 cm³/mol. The van der Waals surface area contributed by atoms with Gasteiger partial charge < -0.3 is 20.9 Å². The first-order valence-electron chi connectivity index (χ1n) is 7.76. The summed E-state index contributed by atoms with van der Waals surface area (Å²) >= 11 is 0. The summed E-state index contributed by atoms with van der Waals surface area (Å²) in [5.74, 6) is 0.323. The molecule has 0 amide bonds. The van der Waals surface area contributed by atoms with Crippen molar-refractivity contribution in [1.82, 2.24) is 19.5 Å². The van der Waals surface area contributed by atoms with Crippen molar-refractivity contribution in [1.29, 1.82) is 0 Å². The van der Waals surface area contributed by atoms with Crippen molar-refractivity contribution in [2.24, 2.45) is 5.73 Å². The van der Waals surface area contributed by atoms with Gasteiger partial charge in [-0.25, -0.2) is 4.98 Å². The van der Waals surface area contributed by atoms with E-state index in [0.29, 0.717) is 29.6 Å². The summed E-state index contributed by atoms with van der Waals surface area (Å²) in [5, 5.41) is 0. The summed E-state index contributed by atoms with van der Waals surface area (Å²) in [6.07, 6.45) is 6.84. The van der Waals surface area contributed by atoms with E-state index in [0.717, 1.165) is 19.3 Å². The van der Waals surface area contributed by atoms with Gasteiger partial charge in [0.2, 0.25) is 0 Å². The second-order valence-electron chi connectivity index (χ2n) is 5.95. The molecule has 1 aliphatic carbocycles. The van der Waals surface area contributed by atoms with E-state index in [9.17, 15) is 0 Å². The molecule has 4 rings (SSSR count). The molecule has 22 heavy (non-hydrogen) atoms. The van der Waals surface area contributed by atoms with Gasteiger partial charge in [-0.3, -0.25) is 4.57 Å². The molecule has 2 aromatic heterocycles. The lowest BCUT2D eigenvalue weighted by Gasteiger charge is -2.17. The third-order valence-electron chi connectivity index (χ3n) is 4.38. The maximum Gasteiger partial charge on any atom is 0.320 e. The third-order valence-corrected chi connectivity index (χ3v) is 4.38. The third kappa shape index (κ3) is 2.28. The van der Waals surface area contributed by atoms with Gasteiger partial charge in [-0.2, -0.15) is 9.97 Å². The molecular weight excluding hydrogens is 284 g/mol. The lowest BCUT2D eigenvalue weighted by molar-refractivity contribution is 0.0514. The zero-order valence-corrected chi connectivity index (χ0v) is 12.3. The molecule has 1 aliphatic heterocycles. The van der Waals surface area contributed by atoms with Crippen molar-refractivity contribution in [3.63, 3.8) is 0 Å². The van der Waals surface area contributed by atoms with Gasteiger partial charge in [0.05, 0.1) is 19.0 Å². The topological polar surface area (TPSA) is 114 Å². The zero-order chi connectivity index (χ0) is 15.1. The molecule has 2 atom stereocenters. The van der Waals surface area contributed by atoms with Gasteiger partial charge in [-0.05, 0) is 32.1 Å². The Bertz CT molecular complexity index is 681. The minimum Gasteiger partial charge on any atom is -0.460 e. The van der Waals surface area contributed by atoms with Crippen molar-refractivity contribution in [3.8, 4) is 6.01 Å². The van der Waals surface area contributed by atoms with Gasteiger partial charge >= 0.3 is 6.01 Å². The number of nitrogens with two attached hydrogens (primary N) is 2. The highest BCUT2D eigenvalue weighted by molar-refractivity contribution is 5.82. The van der Waals surface area contributed by atoms with Crippen LogP contribution in [0.15, 0.2) is 6.33 Å². The standard InChI is InChI=1S/C14H20N6O2/c15-9-5-6-21-13(9)20-7-17-10-11(16)18-14(19-12(10)20)22-8-3-1-2-4-8/h7-9,13H,1-6,15H2,(H2,16,18,19). The van der Waals surface area contributed by atoms with Gasteiger partial charge in [0.15, 0.2) is 23.2 Å². The Morgan fingerprint density at radius 1 is 1.23 bits per heavy atom. The van der Waals surface area contributed by atoms with Crippen molar-refractivity contribution in [2.45, 2.75) is 50.5 Å².